The molecular weight excluding hydrogens is 224 g/mol. The topological polar surface area (TPSA) is 29.3 Å². The Hall–Kier alpha value is -1.06. The molecule has 1 fully saturated rings. The zero-order valence-corrected chi connectivity index (χ0v) is 9.87. The maximum atomic E-state index is 5.92. The van der Waals surface area contributed by atoms with Crippen molar-refractivity contribution in [1.82, 2.24) is 9.88 Å². The van der Waals surface area contributed by atoms with Crippen LogP contribution in [0.2, 0.25) is 5.02 Å². The van der Waals surface area contributed by atoms with Gasteiger partial charge in [0.1, 0.15) is 5.52 Å². The highest BCUT2D eigenvalue weighted by Crippen LogP contribution is 2.29. The minimum absolute atomic E-state index is 0.427. The first-order chi connectivity index (χ1) is 7.72. The summed E-state index contributed by atoms with van der Waals surface area (Å²) in [6.45, 7) is 2.14. The van der Waals surface area contributed by atoms with Gasteiger partial charge in [-0.1, -0.05) is 11.6 Å². The van der Waals surface area contributed by atoms with Crippen LogP contribution in [-0.4, -0.2) is 30.0 Å². The average Bonchev–Trinajstić information content (AvgIpc) is 2.83. The number of hydrogen-bond acceptors (Lipinski definition) is 3. The van der Waals surface area contributed by atoms with Gasteiger partial charge in [-0.2, -0.15) is 0 Å². The van der Waals surface area contributed by atoms with Crippen LogP contribution in [0.25, 0.3) is 11.1 Å². The molecule has 3 rings (SSSR count). The summed E-state index contributed by atoms with van der Waals surface area (Å²) in [6.07, 6.45) is 1.12. The first-order valence-electron chi connectivity index (χ1n) is 5.47. The van der Waals surface area contributed by atoms with Gasteiger partial charge in [0.15, 0.2) is 11.5 Å². The zero-order chi connectivity index (χ0) is 11.1. The Bertz CT molecular complexity index is 523. The molecule has 1 atom stereocenters. The van der Waals surface area contributed by atoms with Crippen molar-refractivity contribution in [2.24, 2.45) is 0 Å². The van der Waals surface area contributed by atoms with Crippen LogP contribution >= 0.6 is 11.6 Å². The summed E-state index contributed by atoms with van der Waals surface area (Å²) >= 11 is 5.92. The summed E-state index contributed by atoms with van der Waals surface area (Å²) in [5.41, 5.74) is 1.69. The Morgan fingerprint density at radius 1 is 1.50 bits per heavy atom. The smallest absolute Gasteiger partial charge is 0.199 e. The van der Waals surface area contributed by atoms with Gasteiger partial charge in [-0.25, -0.2) is 4.98 Å². The lowest BCUT2D eigenvalue weighted by atomic mass is 10.1. The standard InChI is InChI=1S/C12H13ClN2O/c1-15-5-4-8(7-15)12-14-10-6-9(13)2-3-11(10)16-12/h2-3,6,8H,4-5,7H2,1H3. The van der Waals surface area contributed by atoms with E-state index in [1.807, 2.05) is 18.2 Å². The Balaban J connectivity index is 1.99. The Labute approximate surface area is 99.0 Å². The number of likely N-dealkylation sites (N-methyl/N-ethyl adjacent to an activating group) is 1. The summed E-state index contributed by atoms with van der Waals surface area (Å²) in [7, 11) is 2.12. The lowest BCUT2D eigenvalue weighted by Crippen LogP contribution is -2.13. The first-order valence-corrected chi connectivity index (χ1v) is 5.85. The molecular formula is C12H13ClN2O. The van der Waals surface area contributed by atoms with Crippen molar-refractivity contribution in [3.05, 3.63) is 29.1 Å². The molecule has 0 amide bonds. The molecule has 1 aromatic heterocycles. The van der Waals surface area contributed by atoms with E-state index in [0.29, 0.717) is 10.9 Å². The number of hydrogen-bond donors (Lipinski definition) is 0. The molecule has 0 bridgehead atoms. The van der Waals surface area contributed by atoms with Gasteiger partial charge >= 0.3 is 0 Å². The van der Waals surface area contributed by atoms with Gasteiger partial charge in [-0.15, -0.1) is 0 Å². The highest BCUT2D eigenvalue weighted by atomic mass is 35.5. The van der Waals surface area contributed by atoms with Gasteiger partial charge in [-0.05, 0) is 38.2 Å². The third-order valence-electron chi connectivity index (χ3n) is 3.11. The molecule has 16 heavy (non-hydrogen) atoms. The minimum Gasteiger partial charge on any atom is -0.440 e. The number of halogens is 1. The van der Waals surface area contributed by atoms with E-state index in [2.05, 4.69) is 16.9 Å². The fraction of sp³-hybridized carbons (Fsp3) is 0.417. The van der Waals surface area contributed by atoms with Gasteiger partial charge in [0.2, 0.25) is 0 Å². The van der Waals surface area contributed by atoms with Crippen LogP contribution in [0.4, 0.5) is 0 Å². The van der Waals surface area contributed by atoms with Gasteiger partial charge < -0.3 is 9.32 Å². The summed E-state index contributed by atoms with van der Waals surface area (Å²) in [6, 6.07) is 5.56. The first kappa shape index (κ1) is 10.1. The van der Waals surface area contributed by atoms with Crippen LogP contribution in [0.5, 0.6) is 0 Å². The maximum Gasteiger partial charge on any atom is 0.199 e. The predicted molar refractivity (Wildman–Crippen MR) is 63.9 cm³/mol. The van der Waals surface area contributed by atoms with Crippen LogP contribution in [0, 0.1) is 0 Å². The van der Waals surface area contributed by atoms with E-state index < -0.39 is 0 Å². The van der Waals surface area contributed by atoms with Crippen molar-refractivity contribution in [2.45, 2.75) is 12.3 Å². The largest absolute Gasteiger partial charge is 0.440 e. The maximum absolute atomic E-state index is 5.92. The Morgan fingerprint density at radius 2 is 2.38 bits per heavy atom. The second-order valence-corrected chi connectivity index (χ2v) is 4.85. The summed E-state index contributed by atoms with van der Waals surface area (Å²) < 4.78 is 5.76. The van der Waals surface area contributed by atoms with E-state index in [-0.39, 0.29) is 0 Å². The average molecular weight is 237 g/mol. The lowest BCUT2D eigenvalue weighted by Gasteiger charge is -2.05. The number of rotatable bonds is 1. The molecule has 0 spiro atoms. The Morgan fingerprint density at radius 3 is 3.12 bits per heavy atom. The van der Waals surface area contributed by atoms with E-state index in [9.17, 15) is 0 Å². The molecule has 1 unspecified atom stereocenters. The predicted octanol–water partition coefficient (Wildman–Crippen LogP) is 2.90. The minimum atomic E-state index is 0.427. The van der Waals surface area contributed by atoms with E-state index in [0.717, 1.165) is 36.5 Å². The number of likely N-dealkylation sites (tertiary alicyclic amines) is 1. The van der Waals surface area contributed by atoms with E-state index >= 15 is 0 Å². The van der Waals surface area contributed by atoms with Crippen molar-refractivity contribution in [1.29, 1.82) is 0 Å². The van der Waals surface area contributed by atoms with Gasteiger partial charge in [0.25, 0.3) is 0 Å². The molecule has 84 valence electrons. The molecule has 4 heteroatoms. The van der Waals surface area contributed by atoms with Crippen LogP contribution in [-0.2, 0) is 0 Å². The van der Waals surface area contributed by atoms with Gasteiger partial charge in [-0.3, -0.25) is 0 Å². The lowest BCUT2D eigenvalue weighted by molar-refractivity contribution is 0.396. The second-order valence-electron chi connectivity index (χ2n) is 4.41. The van der Waals surface area contributed by atoms with Crippen molar-refractivity contribution >= 4 is 22.7 Å². The SMILES string of the molecule is CN1CCC(c2nc3cc(Cl)ccc3o2)C1. The third-order valence-corrected chi connectivity index (χ3v) is 3.34. The Kier molecular flexibility index (Phi) is 2.37. The quantitative estimate of drug-likeness (QED) is 0.763. The molecule has 0 saturated carbocycles. The van der Waals surface area contributed by atoms with Gasteiger partial charge in [0.05, 0.1) is 0 Å². The normalized spacial score (nSPS) is 22.0. The van der Waals surface area contributed by atoms with E-state index in [4.69, 9.17) is 16.0 Å². The third kappa shape index (κ3) is 1.70. The van der Waals surface area contributed by atoms with E-state index in [1.54, 1.807) is 0 Å². The summed E-state index contributed by atoms with van der Waals surface area (Å²) in [4.78, 5) is 6.81. The molecule has 2 heterocycles. The van der Waals surface area contributed by atoms with Crippen molar-refractivity contribution in [3.8, 4) is 0 Å². The van der Waals surface area contributed by atoms with Crippen LogP contribution in [0.15, 0.2) is 22.6 Å². The van der Waals surface area contributed by atoms with Crippen molar-refractivity contribution < 1.29 is 4.42 Å². The van der Waals surface area contributed by atoms with E-state index in [1.165, 1.54) is 0 Å². The zero-order valence-electron chi connectivity index (χ0n) is 9.11. The molecule has 0 aliphatic carbocycles. The molecule has 1 aliphatic rings. The molecule has 1 aliphatic heterocycles. The van der Waals surface area contributed by atoms with Crippen LogP contribution < -0.4 is 0 Å². The van der Waals surface area contributed by atoms with Crippen LogP contribution in [0.1, 0.15) is 18.2 Å². The van der Waals surface area contributed by atoms with Crippen LogP contribution in [0.3, 0.4) is 0 Å². The van der Waals surface area contributed by atoms with Crippen molar-refractivity contribution in [3.63, 3.8) is 0 Å². The molecule has 0 N–H and O–H groups in total. The fourth-order valence-corrected chi connectivity index (χ4v) is 2.40. The highest BCUT2D eigenvalue weighted by Gasteiger charge is 2.25. The molecule has 1 aromatic carbocycles. The molecule has 0 radical (unpaired) electrons. The number of fused-ring (bicyclic) bond motifs is 1. The second kappa shape index (κ2) is 3.75. The number of benzene rings is 1. The molecule has 3 nitrogen and oxygen atoms in total. The monoisotopic (exact) mass is 236 g/mol. The number of oxazole rings is 1. The fourth-order valence-electron chi connectivity index (χ4n) is 2.23. The number of nitrogens with zero attached hydrogens (tertiary/aromatic N) is 2. The molecule has 1 saturated heterocycles. The highest BCUT2D eigenvalue weighted by molar-refractivity contribution is 6.31. The molecule has 2 aromatic rings. The van der Waals surface area contributed by atoms with Crippen molar-refractivity contribution in [2.75, 3.05) is 20.1 Å². The number of aromatic nitrogens is 1. The summed E-state index contributed by atoms with van der Waals surface area (Å²) in [5, 5.41) is 0.705. The summed E-state index contributed by atoms with van der Waals surface area (Å²) in [5.74, 6) is 1.28. The van der Waals surface area contributed by atoms with Gasteiger partial charge in [0, 0.05) is 17.5 Å².